The highest BCUT2D eigenvalue weighted by Gasteiger charge is 2.65. The third-order valence-electron chi connectivity index (χ3n) is 5.97. The lowest BCUT2D eigenvalue weighted by molar-refractivity contribution is -0.272. The first-order chi connectivity index (χ1) is 15.7. The van der Waals surface area contributed by atoms with Crippen LogP contribution in [-0.2, 0) is 9.53 Å². The van der Waals surface area contributed by atoms with E-state index >= 15 is 0 Å². The highest BCUT2D eigenvalue weighted by molar-refractivity contribution is 5.91. The van der Waals surface area contributed by atoms with Gasteiger partial charge in [0.25, 0.3) is 11.8 Å². The van der Waals surface area contributed by atoms with Gasteiger partial charge in [0.2, 0.25) is 5.82 Å². The number of aromatic nitrogens is 1. The van der Waals surface area contributed by atoms with Gasteiger partial charge in [0, 0.05) is 23.6 Å². The topological polar surface area (TPSA) is 116 Å². The van der Waals surface area contributed by atoms with Crippen molar-refractivity contribution >= 4 is 11.8 Å². The summed E-state index contributed by atoms with van der Waals surface area (Å²) in [6.45, 7) is 1.90. The zero-order valence-electron chi connectivity index (χ0n) is 18.1. The van der Waals surface area contributed by atoms with Gasteiger partial charge in [-0.2, -0.15) is 22.3 Å². The van der Waals surface area contributed by atoms with Crippen LogP contribution in [0.3, 0.4) is 0 Å². The van der Waals surface area contributed by atoms with Gasteiger partial charge in [0.05, 0.1) is 12.5 Å². The van der Waals surface area contributed by atoms with E-state index in [1.54, 1.807) is 0 Å². The number of pyridine rings is 1. The lowest BCUT2D eigenvalue weighted by Crippen LogP contribution is -2.47. The van der Waals surface area contributed by atoms with Crippen LogP contribution in [0, 0.1) is 17.6 Å². The van der Waals surface area contributed by atoms with Gasteiger partial charge in [-0.25, -0.2) is 9.38 Å². The number of nitrogens with two attached hydrogens (primary N) is 1. The molecule has 0 spiro atoms. The van der Waals surface area contributed by atoms with Gasteiger partial charge in [-0.1, -0.05) is 13.0 Å². The number of rotatable bonds is 4. The maximum Gasteiger partial charge on any atom is 0.417 e. The average molecular weight is 489 g/mol. The monoisotopic (exact) mass is 489 g/mol. The van der Waals surface area contributed by atoms with E-state index in [9.17, 15) is 36.7 Å². The van der Waals surface area contributed by atoms with Gasteiger partial charge >= 0.3 is 6.18 Å². The maximum atomic E-state index is 14.4. The molecular formula is C21H20F5N3O5. The first-order valence-electron chi connectivity index (χ1n) is 9.79. The molecule has 1 aliphatic rings. The van der Waals surface area contributed by atoms with Crippen LogP contribution in [0.15, 0.2) is 35.5 Å². The second-order valence-electron chi connectivity index (χ2n) is 7.87. The van der Waals surface area contributed by atoms with E-state index in [0.717, 1.165) is 45.4 Å². The molecular weight excluding hydrogens is 469 g/mol. The number of nitrogens with zero attached hydrogens (tertiary/aromatic N) is 2. The largest absolute Gasteiger partial charge is 0.493 e. The number of ether oxygens (including phenoxy) is 2. The van der Waals surface area contributed by atoms with Crippen molar-refractivity contribution in [3.8, 4) is 5.75 Å². The van der Waals surface area contributed by atoms with E-state index in [-0.39, 0.29) is 10.9 Å². The third kappa shape index (κ3) is 4.11. The Bertz CT molecular complexity index is 1210. The summed E-state index contributed by atoms with van der Waals surface area (Å²) < 4.78 is 80.4. The fourth-order valence-electron chi connectivity index (χ4n) is 3.95. The van der Waals surface area contributed by atoms with Crippen molar-refractivity contribution in [2.24, 2.45) is 16.6 Å². The van der Waals surface area contributed by atoms with Gasteiger partial charge in [-0.3, -0.25) is 9.59 Å². The molecule has 2 aromatic rings. The molecule has 8 nitrogen and oxygen atoms in total. The molecule has 4 atom stereocenters. The van der Waals surface area contributed by atoms with E-state index in [1.807, 2.05) is 0 Å². The zero-order chi connectivity index (χ0) is 25.6. The predicted molar refractivity (Wildman–Crippen MR) is 105 cm³/mol. The lowest BCUT2D eigenvalue weighted by atomic mass is 9.77. The van der Waals surface area contributed by atoms with Crippen molar-refractivity contribution in [1.82, 2.24) is 4.73 Å². The van der Waals surface area contributed by atoms with E-state index < -0.39 is 64.6 Å². The van der Waals surface area contributed by atoms with Crippen LogP contribution in [0.1, 0.15) is 35.8 Å². The molecule has 3 N–H and O–H groups in total. The molecule has 0 saturated carbocycles. The Hall–Kier alpha value is -3.48. The van der Waals surface area contributed by atoms with Crippen LogP contribution in [0.5, 0.6) is 5.75 Å². The van der Waals surface area contributed by atoms with E-state index in [0.29, 0.717) is 10.8 Å². The molecule has 0 aliphatic carbocycles. The van der Waals surface area contributed by atoms with Crippen LogP contribution < -0.4 is 15.8 Å². The molecule has 34 heavy (non-hydrogen) atoms. The fraction of sp³-hybridized carbons (Fsp3) is 0.381. The molecule has 2 heterocycles. The molecule has 184 valence electrons. The number of carbonyl (C=O) groups is 2. The molecule has 0 unspecified atom stereocenters. The Labute approximate surface area is 189 Å². The number of primary amides is 1. The summed E-state index contributed by atoms with van der Waals surface area (Å²) in [6.07, 6.45) is -5.86. The van der Waals surface area contributed by atoms with Gasteiger partial charge in [-0.15, -0.1) is 0 Å². The lowest BCUT2D eigenvalue weighted by Gasteiger charge is -2.32. The Morgan fingerprint density at radius 1 is 1.26 bits per heavy atom. The molecule has 1 saturated heterocycles. The Morgan fingerprint density at radius 3 is 2.47 bits per heavy atom. The molecule has 0 bridgehead atoms. The standard InChI is InChI=1S/C21H20F5N3O5/c1-9-14(11-4-5-12(22)15(23)16(11)33-3)17(34-20(9,2)21(24,25)26)19(31)28-10-6-7-29(32)13(8-10)18(27)30/h4-9,14,17,32H,1-3H3,(H2,27,30)/t9-,14+,17+,20-/m1/s1. The minimum Gasteiger partial charge on any atom is -0.493 e. The van der Waals surface area contributed by atoms with Gasteiger partial charge in [0.15, 0.2) is 17.2 Å². The zero-order valence-corrected chi connectivity index (χ0v) is 18.1. The highest BCUT2D eigenvalue weighted by Crippen LogP contribution is 2.55. The number of alkyl halides is 3. The predicted octanol–water partition coefficient (Wildman–Crippen LogP) is 2.68. The molecule has 13 heteroatoms. The molecule has 0 radical (unpaired) electrons. The second-order valence-corrected chi connectivity index (χ2v) is 7.87. The minimum atomic E-state index is -4.93. The summed E-state index contributed by atoms with van der Waals surface area (Å²) >= 11 is 0. The number of halogens is 5. The van der Waals surface area contributed by atoms with Crippen molar-refractivity contribution in [2.75, 3.05) is 7.11 Å². The van der Waals surface area contributed by atoms with E-state index in [1.165, 1.54) is 0 Å². The summed E-state index contributed by atoms with van der Waals surface area (Å²) in [4.78, 5) is 28.1. The molecule has 1 aliphatic heterocycles. The van der Waals surface area contributed by atoms with E-state index in [4.69, 9.17) is 15.2 Å². The Balaban J connectivity index is 2.18. The Kier molecular flexibility index (Phi) is 6.44. The maximum absolute atomic E-state index is 14.4. The van der Waals surface area contributed by atoms with Gasteiger partial charge in [0.1, 0.15) is 11.8 Å². The van der Waals surface area contributed by atoms with Crippen LogP contribution in [-0.4, -0.2) is 46.7 Å². The average Bonchev–Trinajstić information content (AvgIpc) is 3.03. The van der Waals surface area contributed by atoms with Gasteiger partial charge in [-0.05, 0) is 25.1 Å². The van der Waals surface area contributed by atoms with Crippen LogP contribution in [0.25, 0.3) is 0 Å². The molecule has 3 rings (SSSR count). The van der Waals surface area contributed by atoms with Crippen molar-refractivity contribution in [3.63, 3.8) is 0 Å². The molecule has 2 amide bonds. The molecule has 1 fully saturated rings. The van der Waals surface area contributed by atoms with E-state index in [2.05, 4.69) is 4.99 Å². The van der Waals surface area contributed by atoms with Crippen molar-refractivity contribution in [1.29, 1.82) is 0 Å². The molecule has 1 aromatic heterocycles. The first-order valence-corrected chi connectivity index (χ1v) is 9.79. The summed E-state index contributed by atoms with van der Waals surface area (Å²) in [5.74, 6) is -8.53. The number of amides is 2. The second kappa shape index (κ2) is 8.70. The minimum absolute atomic E-state index is 0.211. The normalized spacial score (nSPS) is 25.4. The first kappa shape index (κ1) is 25.1. The summed E-state index contributed by atoms with van der Waals surface area (Å²) in [7, 11) is 1.01. The van der Waals surface area contributed by atoms with Crippen molar-refractivity contribution in [3.05, 3.63) is 58.7 Å². The summed E-state index contributed by atoms with van der Waals surface area (Å²) in [5, 5.41) is 9.39. The number of benzene rings is 1. The SMILES string of the molecule is COc1c([C@H]2[C@@H](C(=O)N=c3ccn(O)c(C(N)=O)c3)O[C@@](C)(C(F)(F)F)[C@@H]2C)ccc(F)c1F. The van der Waals surface area contributed by atoms with Crippen molar-refractivity contribution < 1.29 is 46.2 Å². The number of carbonyl (C=O) groups excluding carboxylic acids is 2. The highest BCUT2D eigenvalue weighted by atomic mass is 19.4. The van der Waals surface area contributed by atoms with Crippen LogP contribution in [0.4, 0.5) is 22.0 Å². The quantitative estimate of drug-likeness (QED) is 0.506. The van der Waals surface area contributed by atoms with Crippen LogP contribution in [0.2, 0.25) is 0 Å². The van der Waals surface area contributed by atoms with Crippen molar-refractivity contribution in [2.45, 2.75) is 37.6 Å². The summed E-state index contributed by atoms with van der Waals surface area (Å²) in [5.41, 5.74) is 1.61. The number of methoxy groups -OCH3 is 1. The molecule has 1 aromatic carbocycles. The summed E-state index contributed by atoms with van der Waals surface area (Å²) in [6, 6.07) is 3.76. The Morgan fingerprint density at radius 2 is 1.91 bits per heavy atom. The number of hydrogen-bond donors (Lipinski definition) is 2. The van der Waals surface area contributed by atoms with Crippen LogP contribution >= 0.6 is 0 Å². The van der Waals surface area contributed by atoms with Gasteiger partial charge < -0.3 is 20.4 Å². The third-order valence-corrected chi connectivity index (χ3v) is 5.97. The fourth-order valence-corrected chi connectivity index (χ4v) is 3.95. The smallest absolute Gasteiger partial charge is 0.417 e. The number of hydrogen-bond acceptors (Lipinski definition) is 5.